The first-order valence-corrected chi connectivity index (χ1v) is 4.37. The van der Waals surface area contributed by atoms with Crippen LogP contribution in [0.4, 0.5) is 4.48 Å². The van der Waals surface area contributed by atoms with Crippen molar-refractivity contribution in [2.45, 2.75) is 18.9 Å². The summed E-state index contributed by atoms with van der Waals surface area (Å²) in [7, 11) is 0. The number of hydrogen-bond donors (Lipinski definition) is 3. The van der Waals surface area contributed by atoms with E-state index >= 15 is 0 Å². The fourth-order valence-electron chi connectivity index (χ4n) is 1.17. The van der Waals surface area contributed by atoms with Gasteiger partial charge in [0.1, 0.15) is 11.3 Å². The number of halogens is 1. The zero-order valence-electron chi connectivity index (χ0n) is 8.20. The molecule has 0 aliphatic heterocycles. The van der Waals surface area contributed by atoms with Crippen LogP contribution in [0.1, 0.15) is 12.5 Å². The van der Waals surface area contributed by atoms with Crippen molar-refractivity contribution in [2.24, 2.45) is 0 Å². The summed E-state index contributed by atoms with van der Waals surface area (Å²) in [5, 5.41) is 17.8. The molecule has 1 aromatic carbocycles. The van der Waals surface area contributed by atoms with Crippen molar-refractivity contribution in [3.05, 3.63) is 29.8 Å². The van der Waals surface area contributed by atoms with Crippen molar-refractivity contribution in [1.29, 1.82) is 0 Å². The number of phenols is 1. The van der Waals surface area contributed by atoms with Gasteiger partial charge in [0, 0.05) is 6.42 Å². The van der Waals surface area contributed by atoms with Crippen molar-refractivity contribution < 1.29 is 19.5 Å². The molecular weight excluding hydrogens is 201 g/mol. The van der Waals surface area contributed by atoms with Crippen LogP contribution < -0.4 is 5.54 Å². The molecule has 0 amide bonds. The van der Waals surface area contributed by atoms with E-state index in [0.717, 1.165) is 0 Å². The van der Waals surface area contributed by atoms with Crippen LogP contribution in [0, 0.1) is 0 Å². The van der Waals surface area contributed by atoms with Crippen LogP contribution in [-0.2, 0) is 11.2 Å². The van der Waals surface area contributed by atoms with E-state index in [4.69, 9.17) is 10.2 Å². The van der Waals surface area contributed by atoms with E-state index in [1.54, 1.807) is 12.1 Å². The number of aromatic hydroxyl groups is 1. The highest BCUT2D eigenvalue weighted by molar-refractivity contribution is 5.78. The lowest BCUT2D eigenvalue weighted by Crippen LogP contribution is -2.47. The zero-order chi connectivity index (χ0) is 11.5. The Labute approximate surface area is 86.3 Å². The Hall–Kier alpha value is -1.62. The second-order valence-corrected chi connectivity index (χ2v) is 3.57. The maximum atomic E-state index is 12.4. The minimum Gasteiger partial charge on any atom is -0.508 e. The summed E-state index contributed by atoms with van der Waals surface area (Å²) < 4.78 is 12.4. The van der Waals surface area contributed by atoms with E-state index in [0.29, 0.717) is 5.56 Å². The number of carboxylic acid groups (broad SMARTS) is 1. The van der Waals surface area contributed by atoms with E-state index in [9.17, 15) is 9.28 Å². The van der Waals surface area contributed by atoms with Crippen LogP contribution in [-0.4, -0.2) is 21.7 Å². The lowest BCUT2D eigenvalue weighted by molar-refractivity contribution is -0.146. The van der Waals surface area contributed by atoms with Gasteiger partial charge in [0.2, 0.25) is 0 Å². The molecule has 0 aliphatic carbocycles. The summed E-state index contributed by atoms with van der Waals surface area (Å²) in [5.41, 5.74) is 0.265. The SMILES string of the molecule is C[C@@](Cc1ccc(O)cc1)(NF)C(=O)O. The van der Waals surface area contributed by atoms with Gasteiger partial charge in [0.25, 0.3) is 0 Å². The average molecular weight is 213 g/mol. The Morgan fingerprint density at radius 1 is 1.47 bits per heavy atom. The minimum absolute atomic E-state index is 0.000880. The molecule has 0 saturated carbocycles. The van der Waals surface area contributed by atoms with Gasteiger partial charge in [-0.05, 0) is 24.6 Å². The van der Waals surface area contributed by atoms with Gasteiger partial charge in [-0.2, -0.15) is 0 Å². The zero-order valence-corrected chi connectivity index (χ0v) is 8.20. The standard InChI is InChI=1S/C10H12FNO3/c1-10(12-11,9(14)15)6-7-2-4-8(13)5-3-7/h2-5,12-13H,6H2,1H3,(H,14,15)/t10-/m0/s1. The van der Waals surface area contributed by atoms with Crippen LogP contribution in [0.15, 0.2) is 24.3 Å². The second kappa shape index (κ2) is 4.27. The molecule has 0 unspecified atom stereocenters. The molecule has 0 bridgehead atoms. The van der Waals surface area contributed by atoms with Gasteiger partial charge in [-0.1, -0.05) is 12.1 Å². The quantitative estimate of drug-likeness (QED) is 0.658. The lowest BCUT2D eigenvalue weighted by Gasteiger charge is -2.21. The number of benzene rings is 1. The monoisotopic (exact) mass is 213 g/mol. The van der Waals surface area contributed by atoms with E-state index in [-0.39, 0.29) is 12.2 Å². The Kier molecular flexibility index (Phi) is 3.26. The topological polar surface area (TPSA) is 69.6 Å². The third-order valence-corrected chi connectivity index (χ3v) is 2.17. The van der Waals surface area contributed by atoms with Gasteiger partial charge >= 0.3 is 5.97 Å². The highest BCUT2D eigenvalue weighted by Crippen LogP contribution is 2.16. The Morgan fingerprint density at radius 2 is 2.00 bits per heavy atom. The average Bonchev–Trinajstić information content (AvgIpc) is 2.21. The molecule has 4 nitrogen and oxygen atoms in total. The Morgan fingerprint density at radius 3 is 2.40 bits per heavy atom. The summed E-state index contributed by atoms with van der Waals surface area (Å²) in [4.78, 5) is 10.8. The third kappa shape index (κ3) is 2.66. The van der Waals surface area contributed by atoms with Crippen LogP contribution in [0.3, 0.4) is 0 Å². The van der Waals surface area contributed by atoms with Gasteiger partial charge in [0.05, 0.1) is 0 Å². The maximum absolute atomic E-state index is 12.4. The minimum atomic E-state index is -1.64. The smallest absolute Gasteiger partial charge is 0.326 e. The molecule has 0 radical (unpaired) electrons. The number of nitrogens with one attached hydrogen (secondary N) is 1. The first-order valence-electron chi connectivity index (χ1n) is 4.37. The van der Waals surface area contributed by atoms with E-state index in [2.05, 4.69) is 0 Å². The molecule has 1 rings (SSSR count). The molecule has 0 fully saturated rings. The van der Waals surface area contributed by atoms with Gasteiger partial charge < -0.3 is 10.2 Å². The molecule has 0 aromatic heterocycles. The normalized spacial score (nSPS) is 14.5. The van der Waals surface area contributed by atoms with Crippen LogP contribution in [0.2, 0.25) is 0 Å². The van der Waals surface area contributed by atoms with E-state index < -0.39 is 11.5 Å². The molecule has 0 aliphatic rings. The van der Waals surface area contributed by atoms with Crippen molar-refractivity contribution in [3.63, 3.8) is 0 Å². The Balaban J connectivity index is 2.84. The molecule has 0 spiro atoms. The summed E-state index contributed by atoms with van der Waals surface area (Å²) >= 11 is 0. The van der Waals surface area contributed by atoms with Gasteiger partial charge in [-0.15, -0.1) is 10.0 Å². The molecule has 5 heteroatoms. The fourth-order valence-corrected chi connectivity index (χ4v) is 1.17. The van der Waals surface area contributed by atoms with Crippen LogP contribution >= 0.6 is 0 Å². The predicted molar refractivity (Wildman–Crippen MR) is 52.1 cm³/mol. The van der Waals surface area contributed by atoms with Crippen LogP contribution in [0.5, 0.6) is 5.75 Å². The largest absolute Gasteiger partial charge is 0.508 e. The first kappa shape index (κ1) is 11.5. The number of rotatable bonds is 4. The van der Waals surface area contributed by atoms with Crippen molar-refractivity contribution in [3.8, 4) is 5.75 Å². The molecule has 0 heterocycles. The fraction of sp³-hybridized carbons (Fsp3) is 0.300. The van der Waals surface area contributed by atoms with Gasteiger partial charge in [-0.3, -0.25) is 4.79 Å². The number of phenolic OH excluding ortho intramolecular Hbond substituents is 1. The summed E-state index contributed by atoms with van der Waals surface area (Å²) in [6.45, 7) is 1.25. The summed E-state index contributed by atoms with van der Waals surface area (Å²) in [5.74, 6) is -1.18. The molecule has 15 heavy (non-hydrogen) atoms. The first-order chi connectivity index (χ1) is 6.98. The van der Waals surface area contributed by atoms with Crippen molar-refractivity contribution >= 4 is 5.97 Å². The molecule has 3 N–H and O–H groups in total. The molecule has 0 saturated heterocycles. The predicted octanol–water partition coefficient (Wildman–Crippen LogP) is 1.25. The van der Waals surface area contributed by atoms with Crippen LogP contribution in [0.25, 0.3) is 0 Å². The number of carboxylic acids is 1. The molecule has 1 aromatic rings. The molecular formula is C10H12FNO3. The van der Waals surface area contributed by atoms with Crippen molar-refractivity contribution in [1.82, 2.24) is 5.54 Å². The maximum Gasteiger partial charge on any atom is 0.326 e. The number of carbonyl (C=O) groups is 1. The summed E-state index contributed by atoms with van der Waals surface area (Å²) in [6.07, 6.45) is -0.000880. The number of hydrogen-bond acceptors (Lipinski definition) is 3. The summed E-state index contributed by atoms with van der Waals surface area (Å²) in [6, 6.07) is 5.95. The second-order valence-electron chi connectivity index (χ2n) is 3.57. The Bertz CT molecular complexity index is 352. The molecule has 1 atom stereocenters. The van der Waals surface area contributed by atoms with E-state index in [1.165, 1.54) is 24.6 Å². The third-order valence-electron chi connectivity index (χ3n) is 2.17. The van der Waals surface area contributed by atoms with E-state index in [1.807, 2.05) is 0 Å². The highest BCUT2D eigenvalue weighted by Gasteiger charge is 2.33. The highest BCUT2D eigenvalue weighted by atomic mass is 19.2. The van der Waals surface area contributed by atoms with Gasteiger partial charge in [-0.25, -0.2) is 0 Å². The molecule has 82 valence electrons. The lowest BCUT2D eigenvalue weighted by atomic mass is 9.94. The van der Waals surface area contributed by atoms with Crippen molar-refractivity contribution in [2.75, 3.05) is 0 Å². The number of aliphatic carboxylic acids is 1. The van der Waals surface area contributed by atoms with Gasteiger partial charge in [0.15, 0.2) is 0 Å².